The Bertz CT molecular complexity index is 1200. The molecule has 0 bridgehead atoms. The van der Waals surface area contributed by atoms with E-state index < -0.39 is 11.8 Å². The summed E-state index contributed by atoms with van der Waals surface area (Å²) in [6.45, 7) is 2.84. The fraction of sp³-hybridized carbons (Fsp3) is 0.296. The molecule has 2 heterocycles. The van der Waals surface area contributed by atoms with Gasteiger partial charge < -0.3 is 24.4 Å². The van der Waals surface area contributed by atoms with Crippen molar-refractivity contribution in [1.29, 1.82) is 0 Å². The van der Waals surface area contributed by atoms with Gasteiger partial charge in [0, 0.05) is 29.0 Å². The van der Waals surface area contributed by atoms with Crippen LogP contribution in [0.25, 0.3) is 6.08 Å². The summed E-state index contributed by atoms with van der Waals surface area (Å²) in [4.78, 5) is 39.3. The number of esters is 1. The van der Waals surface area contributed by atoms with Crippen LogP contribution in [0.3, 0.4) is 0 Å². The van der Waals surface area contributed by atoms with Gasteiger partial charge in [-0.3, -0.25) is 9.59 Å². The minimum atomic E-state index is -0.676. The first kappa shape index (κ1) is 25.7. The minimum absolute atomic E-state index is 0.000591. The molecule has 2 aliphatic heterocycles. The second-order valence-corrected chi connectivity index (χ2v) is 9.34. The molecule has 1 fully saturated rings. The van der Waals surface area contributed by atoms with Crippen LogP contribution in [0.5, 0.6) is 5.75 Å². The largest absolute Gasteiger partial charge is 0.484 e. The van der Waals surface area contributed by atoms with E-state index in [1.165, 1.54) is 7.11 Å². The van der Waals surface area contributed by atoms with Crippen LogP contribution in [0.15, 0.2) is 70.0 Å². The molecule has 0 aliphatic carbocycles. The van der Waals surface area contributed by atoms with E-state index in [4.69, 9.17) is 14.2 Å². The third-order valence-electron chi connectivity index (χ3n) is 5.98. The van der Waals surface area contributed by atoms with E-state index in [0.717, 1.165) is 35.2 Å². The zero-order valence-electron chi connectivity index (χ0n) is 20.1. The zero-order chi connectivity index (χ0) is 25.7. The van der Waals surface area contributed by atoms with Crippen LogP contribution in [0, 0.1) is 0 Å². The quantitative estimate of drug-likeness (QED) is 0.299. The highest BCUT2D eigenvalue weighted by molar-refractivity contribution is 9.10. The maximum absolute atomic E-state index is 13.2. The summed E-state index contributed by atoms with van der Waals surface area (Å²) >= 11 is 3.42. The molecule has 1 N–H and O–H groups in total. The summed E-state index contributed by atoms with van der Waals surface area (Å²) in [5.41, 5.74) is 2.30. The average molecular weight is 555 g/mol. The first-order chi connectivity index (χ1) is 17.4. The fourth-order valence-corrected chi connectivity index (χ4v) is 4.40. The Balaban J connectivity index is 1.47. The molecule has 1 atom stereocenters. The number of anilines is 1. The van der Waals surface area contributed by atoms with E-state index in [9.17, 15) is 14.4 Å². The Labute approximate surface area is 218 Å². The molecule has 4 rings (SSSR count). The van der Waals surface area contributed by atoms with Crippen LogP contribution in [-0.2, 0) is 23.9 Å². The van der Waals surface area contributed by atoms with Crippen molar-refractivity contribution in [2.45, 2.75) is 25.9 Å². The minimum Gasteiger partial charge on any atom is -0.484 e. The summed E-state index contributed by atoms with van der Waals surface area (Å²) in [7, 11) is 1.25. The number of nitrogens with zero attached hydrogens (tertiary/aromatic N) is 1. The number of carbonyl (C=O) groups is 3. The van der Waals surface area contributed by atoms with Crippen molar-refractivity contribution in [2.24, 2.45) is 0 Å². The first-order valence-electron chi connectivity index (χ1n) is 11.6. The van der Waals surface area contributed by atoms with Gasteiger partial charge in [-0.2, -0.15) is 0 Å². The number of rotatable bonds is 8. The second-order valence-electron chi connectivity index (χ2n) is 8.42. The van der Waals surface area contributed by atoms with Crippen LogP contribution in [0.1, 0.15) is 25.3 Å². The molecule has 1 amide bonds. The van der Waals surface area contributed by atoms with Crippen LogP contribution in [0.2, 0.25) is 0 Å². The molecule has 0 spiro atoms. The molecule has 8 nitrogen and oxygen atoms in total. The number of hydrogen-bond donors (Lipinski definition) is 1. The number of ketones is 1. The van der Waals surface area contributed by atoms with Gasteiger partial charge in [-0.05, 0) is 67.8 Å². The van der Waals surface area contributed by atoms with Crippen LogP contribution in [-0.4, -0.2) is 50.6 Å². The van der Waals surface area contributed by atoms with E-state index in [-0.39, 0.29) is 24.2 Å². The Kier molecular flexibility index (Phi) is 8.22. The van der Waals surface area contributed by atoms with Crippen molar-refractivity contribution in [3.8, 4) is 5.75 Å². The topological polar surface area (TPSA) is 94.2 Å². The molecule has 0 aromatic heterocycles. The second kappa shape index (κ2) is 11.5. The van der Waals surface area contributed by atoms with E-state index >= 15 is 0 Å². The summed E-state index contributed by atoms with van der Waals surface area (Å²) < 4.78 is 16.8. The average Bonchev–Trinajstić information content (AvgIpc) is 3.49. The molecule has 188 valence electrons. The van der Waals surface area contributed by atoms with Crippen LogP contribution in [0.4, 0.5) is 5.69 Å². The van der Waals surface area contributed by atoms with Gasteiger partial charge in [-0.15, -0.1) is 0 Å². The highest BCUT2D eigenvalue weighted by atomic mass is 79.9. The number of ether oxygens (including phenoxy) is 3. The van der Waals surface area contributed by atoms with E-state index in [1.807, 2.05) is 24.3 Å². The van der Waals surface area contributed by atoms with Gasteiger partial charge in [0.15, 0.2) is 6.61 Å². The van der Waals surface area contributed by atoms with Gasteiger partial charge in [0.05, 0.1) is 18.9 Å². The molecule has 2 aliphatic rings. The number of halogens is 1. The third-order valence-corrected chi connectivity index (χ3v) is 6.51. The van der Waals surface area contributed by atoms with E-state index in [0.29, 0.717) is 23.7 Å². The van der Waals surface area contributed by atoms with Gasteiger partial charge in [-0.1, -0.05) is 28.1 Å². The van der Waals surface area contributed by atoms with Gasteiger partial charge in [0.25, 0.3) is 5.91 Å². The maximum Gasteiger partial charge on any atom is 0.343 e. The van der Waals surface area contributed by atoms with Crippen molar-refractivity contribution < 1.29 is 28.6 Å². The Hall–Kier alpha value is -3.43. The summed E-state index contributed by atoms with van der Waals surface area (Å²) in [5.74, 6) is -0.776. The van der Waals surface area contributed by atoms with Crippen molar-refractivity contribution in [2.75, 3.05) is 31.8 Å². The predicted octanol–water partition coefficient (Wildman–Crippen LogP) is 4.00. The lowest BCUT2D eigenvalue weighted by Gasteiger charge is -2.21. The van der Waals surface area contributed by atoms with Gasteiger partial charge in [0.1, 0.15) is 11.3 Å². The normalized spacial score (nSPS) is 18.6. The lowest BCUT2D eigenvalue weighted by Crippen LogP contribution is -2.35. The summed E-state index contributed by atoms with van der Waals surface area (Å²) in [6.07, 6.45) is 3.76. The molecule has 0 unspecified atom stereocenters. The maximum atomic E-state index is 13.2. The van der Waals surface area contributed by atoms with Crippen LogP contribution < -0.4 is 15.0 Å². The molecule has 9 heteroatoms. The highest BCUT2D eigenvalue weighted by Gasteiger charge is 2.38. The molecule has 2 aromatic carbocycles. The van der Waals surface area contributed by atoms with Crippen molar-refractivity contribution in [1.82, 2.24) is 5.32 Å². The Morgan fingerprint density at radius 3 is 2.53 bits per heavy atom. The molecule has 1 saturated heterocycles. The molecule has 2 aromatic rings. The van der Waals surface area contributed by atoms with Gasteiger partial charge in [0.2, 0.25) is 5.78 Å². The van der Waals surface area contributed by atoms with Crippen LogP contribution >= 0.6 is 15.9 Å². The number of carbonyl (C=O) groups excluding carboxylic acids is 3. The monoisotopic (exact) mass is 554 g/mol. The molecular weight excluding hydrogens is 528 g/mol. The Morgan fingerprint density at radius 1 is 1.17 bits per heavy atom. The number of allylic oxidation sites excluding steroid dienone is 2. The summed E-state index contributed by atoms with van der Waals surface area (Å²) in [6, 6.07) is 14.5. The number of benzene rings is 2. The van der Waals surface area contributed by atoms with Crippen molar-refractivity contribution >= 4 is 45.4 Å². The standard InChI is InChI=1S/C27H27BrN2O6/c1-17-25(27(33)34-2)26(32)23(30(17)20-9-7-19(28)8-10-20)14-18-5-11-21(12-6-18)36-16-24(31)29-15-22-4-3-13-35-22/h5-12,14,22H,3-4,13,15-16H2,1-2H3,(H,29,31)/b23-14-/t22-/m0/s1. The smallest absolute Gasteiger partial charge is 0.343 e. The Morgan fingerprint density at radius 2 is 1.89 bits per heavy atom. The number of Topliss-reactive ketones (excluding diaryl/α,β-unsaturated/α-hetero) is 1. The third kappa shape index (κ3) is 5.85. The molecule has 0 radical (unpaired) electrons. The SMILES string of the molecule is COC(=O)C1=C(C)N(c2ccc(Br)cc2)/C(=C\c2ccc(OCC(=O)NC[C@@H]3CCCO3)cc2)C1=O. The number of methoxy groups -OCH3 is 1. The fourth-order valence-electron chi connectivity index (χ4n) is 4.13. The van der Waals surface area contributed by atoms with E-state index in [1.54, 1.807) is 42.2 Å². The highest BCUT2D eigenvalue weighted by Crippen LogP contribution is 2.36. The van der Waals surface area contributed by atoms with Crippen molar-refractivity contribution in [3.05, 3.63) is 75.5 Å². The number of nitrogens with one attached hydrogen (secondary N) is 1. The van der Waals surface area contributed by atoms with Gasteiger partial charge in [-0.25, -0.2) is 4.79 Å². The lowest BCUT2D eigenvalue weighted by molar-refractivity contribution is -0.137. The number of amides is 1. The summed E-state index contributed by atoms with van der Waals surface area (Å²) in [5, 5.41) is 2.82. The molecule has 36 heavy (non-hydrogen) atoms. The molecular formula is C27H27BrN2O6. The predicted molar refractivity (Wildman–Crippen MR) is 138 cm³/mol. The first-order valence-corrected chi connectivity index (χ1v) is 12.4. The van der Waals surface area contributed by atoms with E-state index in [2.05, 4.69) is 21.2 Å². The van der Waals surface area contributed by atoms with Crippen molar-refractivity contribution in [3.63, 3.8) is 0 Å². The zero-order valence-corrected chi connectivity index (χ0v) is 21.7. The van der Waals surface area contributed by atoms with Gasteiger partial charge >= 0.3 is 5.97 Å². The number of hydrogen-bond acceptors (Lipinski definition) is 7. The lowest BCUT2D eigenvalue weighted by atomic mass is 10.1. The molecule has 0 saturated carbocycles.